The van der Waals surface area contributed by atoms with Gasteiger partial charge in [-0.3, -0.25) is 0 Å². The van der Waals surface area contributed by atoms with E-state index in [-0.39, 0.29) is 0 Å². The molecule has 1 rings (SSSR count). The molecule has 1 N–H and O–H groups in total. The normalized spacial score (nSPS) is 14.6. The summed E-state index contributed by atoms with van der Waals surface area (Å²) in [6, 6.07) is 8.61. The number of halogens is 1. The SMILES string of the molecule is COCC(C)C(CNC(C)C)Cc1ccccc1Cl. The molecule has 0 saturated heterocycles. The predicted molar refractivity (Wildman–Crippen MR) is 82.8 cm³/mol. The highest BCUT2D eigenvalue weighted by molar-refractivity contribution is 6.31. The van der Waals surface area contributed by atoms with E-state index in [4.69, 9.17) is 16.3 Å². The van der Waals surface area contributed by atoms with E-state index in [1.54, 1.807) is 7.11 Å². The largest absolute Gasteiger partial charge is 0.384 e. The summed E-state index contributed by atoms with van der Waals surface area (Å²) in [5, 5.41) is 4.39. The highest BCUT2D eigenvalue weighted by Gasteiger charge is 2.19. The van der Waals surface area contributed by atoms with E-state index in [0.29, 0.717) is 17.9 Å². The van der Waals surface area contributed by atoms with E-state index in [9.17, 15) is 0 Å². The predicted octanol–water partition coefficient (Wildman–Crippen LogP) is 3.78. The van der Waals surface area contributed by atoms with E-state index in [0.717, 1.165) is 24.6 Å². The standard InChI is InChI=1S/C16H26ClNO/c1-12(2)18-10-15(13(3)11-19-4)9-14-7-5-6-8-16(14)17/h5-8,12-13,15,18H,9-11H2,1-4H3. The molecule has 0 heterocycles. The van der Waals surface area contributed by atoms with Gasteiger partial charge in [0.2, 0.25) is 0 Å². The molecule has 108 valence electrons. The van der Waals surface area contributed by atoms with E-state index in [2.05, 4.69) is 38.2 Å². The zero-order chi connectivity index (χ0) is 14.3. The van der Waals surface area contributed by atoms with Crippen molar-refractivity contribution >= 4 is 11.6 Å². The highest BCUT2D eigenvalue weighted by atomic mass is 35.5. The van der Waals surface area contributed by atoms with Crippen LogP contribution < -0.4 is 5.32 Å². The molecule has 0 aliphatic heterocycles. The van der Waals surface area contributed by atoms with Crippen molar-refractivity contribution in [1.82, 2.24) is 5.32 Å². The molecular weight excluding hydrogens is 258 g/mol. The minimum absolute atomic E-state index is 0.503. The monoisotopic (exact) mass is 283 g/mol. The van der Waals surface area contributed by atoms with Crippen LogP contribution in [-0.2, 0) is 11.2 Å². The van der Waals surface area contributed by atoms with Crippen LogP contribution in [0.25, 0.3) is 0 Å². The highest BCUT2D eigenvalue weighted by Crippen LogP contribution is 2.23. The fourth-order valence-electron chi connectivity index (χ4n) is 2.21. The molecule has 0 amide bonds. The number of rotatable bonds is 8. The number of methoxy groups -OCH3 is 1. The fraction of sp³-hybridized carbons (Fsp3) is 0.625. The van der Waals surface area contributed by atoms with Crippen LogP contribution in [0.1, 0.15) is 26.3 Å². The third-order valence-corrected chi connectivity index (χ3v) is 3.83. The Kier molecular flexibility index (Phi) is 7.44. The van der Waals surface area contributed by atoms with Gasteiger partial charge in [-0.05, 0) is 36.4 Å². The van der Waals surface area contributed by atoms with Gasteiger partial charge >= 0.3 is 0 Å². The van der Waals surface area contributed by atoms with Gasteiger partial charge in [0.25, 0.3) is 0 Å². The summed E-state index contributed by atoms with van der Waals surface area (Å²) in [6.07, 6.45) is 0.990. The van der Waals surface area contributed by atoms with E-state index >= 15 is 0 Å². The van der Waals surface area contributed by atoms with Gasteiger partial charge in [0, 0.05) is 24.8 Å². The fourth-order valence-corrected chi connectivity index (χ4v) is 2.42. The number of hydrogen-bond acceptors (Lipinski definition) is 2. The van der Waals surface area contributed by atoms with Crippen molar-refractivity contribution in [3.63, 3.8) is 0 Å². The van der Waals surface area contributed by atoms with Crippen LogP contribution in [0.4, 0.5) is 0 Å². The lowest BCUT2D eigenvalue weighted by atomic mass is 9.88. The number of nitrogens with one attached hydrogen (secondary N) is 1. The first kappa shape index (κ1) is 16.5. The van der Waals surface area contributed by atoms with E-state index < -0.39 is 0 Å². The van der Waals surface area contributed by atoms with Crippen LogP contribution in [0, 0.1) is 11.8 Å². The molecule has 3 heteroatoms. The molecule has 1 aromatic carbocycles. The van der Waals surface area contributed by atoms with Crippen molar-refractivity contribution in [2.45, 2.75) is 33.2 Å². The van der Waals surface area contributed by atoms with Gasteiger partial charge in [0.1, 0.15) is 0 Å². The maximum atomic E-state index is 6.26. The van der Waals surface area contributed by atoms with Crippen molar-refractivity contribution in [3.05, 3.63) is 34.9 Å². The second-order valence-corrected chi connectivity index (χ2v) is 5.96. The Hall–Kier alpha value is -0.570. The average Bonchev–Trinajstić information content (AvgIpc) is 2.36. The molecule has 1 aromatic rings. The third kappa shape index (κ3) is 5.94. The zero-order valence-electron chi connectivity index (χ0n) is 12.4. The molecule has 19 heavy (non-hydrogen) atoms. The molecule has 0 aliphatic rings. The van der Waals surface area contributed by atoms with Gasteiger partial charge in [0.15, 0.2) is 0 Å². The second kappa shape index (κ2) is 8.57. The van der Waals surface area contributed by atoms with Gasteiger partial charge < -0.3 is 10.1 Å². The van der Waals surface area contributed by atoms with Gasteiger partial charge in [0.05, 0.1) is 0 Å². The first-order valence-electron chi connectivity index (χ1n) is 7.00. The minimum atomic E-state index is 0.503. The Morgan fingerprint density at radius 2 is 1.89 bits per heavy atom. The van der Waals surface area contributed by atoms with Crippen molar-refractivity contribution in [1.29, 1.82) is 0 Å². The van der Waals surface area contributed by atoms with Gasteiger partial charge in [-0.25, -0.2) is 0 Å². The van der Waals surface area contributed by atoms with E-state index in [1.165, 1.54) is 5.56 Å². The molecule has 2 unspecified atom stereocenters. The summed E-state index contributed by atoms with van der Waals surface area (Å²) >= 11 is 6.26. The Labute approximate surface area is 122 Å². The van der Waals surface area contributed by atoms with Crippen molar-refractivity contribution in [2.75, 3.05) is 20.3 Å². The van der Waals surface area contributed by atoms with Crippen LogP contribution in [-0.4, -0.2) is 26.3 Å². The molecule has 2 atom stereocenters. The molecule has 0 aliphatic carbocycles. The molecule has 0 aromatic heterocycles. The van der Waals surface area contributed by atoms with Crippen LogP contribution in [0.3, 0.4) is 0 Å². The van der Waals surface area contributed by atoms with Gasteiger partial charge in [-0.2, -0.15) is 0 Å². The minimum Gasteiger partial charge on any atom is -0.384 e. The molecule has 0 bridgehead atoms. The lowest BCUT2D eigenvalue weighted by Crippen LogP contribution is -2.34. The zero-order valence-corrected chi connectivity index (χ0v) is 13.2. The smallest absolute Gasteiger partial charge is 0.0491 e. The van der Waals surface area contributed by atoms with Crippen LogP contribution in [0.5, 0.6) is 0 Å². The molecule has 2 nitrogen and oxygen atoms in total. The number of hydrogen-bond donors (Lipinski definition) is 1. The maximum Gasteiger partial charge on any atom is 0.0491 e. The van der Waals surface area contributed by atoms with Crippen molar-refractivity contribution in [3.8, 4) is 0 Å². The number of ether oxygens (including phenoxy) is 1. The molecule has 0 saturated carbocycles. The second-order valence-electron chi connectivity index (χ2n) is 5.55. The summed E-state index contributed by atoms with van der Waals surface area (Å²) in [5.41, 5.74) is 1.22. The average molecular weight is 284 g/mol. The van der Waals surface area contributed by atoms with Gasteiger partial charge in [-0.15, -0.1) is 0 Å². The van der Waals surface area contributed by atoms with Crippen molar-refractivity contribution < 1.29 is 4.74 Å². The summed E-state index contributed by atoms with van der Waals surface area (Å²) in [7, 11) is 1.76. The molecule has 0 radical (unpaired) electrons. The maximum absolute atomic E-state index is 6.26. The van der Waals surface area contributed by atoms with Crippen molar-refractivity contribution in [2.24, 2.45) is 11.8 Å². The van der Waals surface area contributed by atoms with Gasteiger partial charge in [-0.1, -0.05) is 50.6 Å². The Bertz CT molecular complexity index is 368. The summed E-state index contributed by atoms with van der Waals surface area (Å²) in [6.45, 7) is 8.37. The summed E-state index contributed by atoms with van der Waals surface area (Å²) in [5.74, 6) is 1.04. The lowest BCUT2D eigenvalue weighted by molar-refractivity contribution is 0.127. The quantitative estimate of drug-likeness (QED) is 0.784. The van der Waals surface area contributed by atoms with E-state index in [1.807, 2.05) is 12.1 Å². The molecule has 0 fully saturated rings. The Balaban J connectivity index is 2.70. The summed E-state index contributed by atoms with van der Waals surface area (Å²) < 4.78 is 5.30. The third-order valence-electron chi connectivity index (χ3n) is 3.46. The van der Waals surface area contributed by atoms with Crippen LogP contribution in [0.15, 0.2) is 24.3 Å². The molecule has 0 spiro atoms. The Morgan fingerprint density at radius 3 is 2.47 bits per heavy atom. The Morgan fingerprint density at radius 1 is 1.21 bits per heavy atom. The first-order valence-corrected chi connectivity index (χ1v) is 7.38. The van der Waals surface area contributed by atoms with Crippen LogP contribution >= 0.6 is 11.6 Å². The van der Waals surface area contributed by atoms with Crippen LogP contribution in [0.2, 0.25) is 5.02 Å². The first-order chi connectivity index (χ1) is 9.04. The lowest BCUT2D eigenvalue weighted by Gasteiger charge is -2.25. The topological polar surface area (TPSA) is 21.3 Å². The number of benzene rings is 1. The summed E-state index contributed by atoms with van der Waals surface area (Å²) in [4.78, 5) is 0. The molecular formula is C16H26ClNO.